The third-order valence-corrected chi connectivity index (χ3v) is 20.0. The number of hydrogen-bond acceptors (Lipinski definition) is 15. The molecule has 2 amide bonds. The average Bonchev–Trinajstić information content (AvgIpc) is 0.862. The highest BCUT2D eigenvalue weighted by atomic mass is 16.6. The van der Waals surface area contributed by atoms with E-state index in [2.05, 4.69) is 145 Å². The van der Waals surface area contributed by atoms with Crippen molar-refractivity contribution in [3.8, 4) is 0 Å². The van der Waals surface area contributed by atoms with Gasteiger partial charge in [0.2, 0.25) is 11.8 Å². The van der Waals surface area contributed by atoms with Gasteiger partial charge in [0, 0.05) is 77.8 Å². The van der Waals surface area contributed by atoms with Crippen LogP contribution in [0.3, 0.4) is 0 Å². The summed E-state index contributed by atoms with van der Waals surface area (Å²) < 4.78 is 22.0. The highest BCUT2D eigenvalue weighted by molar-refractivity contribution is 5.86. The van der Waals surface area contributed by atoms with Crippen molar-refractivity contribution in [2.75, 3.05) is 98.5 Å². The molecule has 17 heteroatoms. The van der Waals surface area contributed by atoms with Crippen LogP contribution < -0.4 is 10.6 Å². The number of unbranched alkanes of at least 4 members (excludes halogenated alkanes) is 34. The van der Waals surface area contributed by atoms with Gasteiger partial charge in [-0.1, -0.05) is 266 Å². The van der Waals surface area contributed by atoms with Crippen molar-refractivity contribution in [2.24, 2.45) is 5.92 Å². The molecule has 0 bridgehead atoms. The highest BCUT2D eigenvalue weighted by Crippen LogP contribution is 2.17. The zero-order chi connectivity index (χ0) is 79.7. The minimum Gasteiger partial charge on any atom is -0.464 e. The van der Waals surface area contributed by atoms with Crippen LogP contribution in [0.15, 0.2) is 97.2 Å². The van der Waals surface area contributed by atoms with Crippen LogP contribution in [0.1, 0.15) is 342 Å². The number of carbonyl (C=O) groups excluding carboxylic acids is 6. The van der Waals surface area contributed by atoms with E-state index in [4.69, 9.17) is 24.1 Å². The largest absolute Gasteiger partial charge is 0.464 e. The molecule has 0 aliphatic carbocycles. The number of hydrogen-bond donors (Lipinski definition) is 4. The number of esters is 4. The molecular weight excluding hydrogens is 1380 g/mol. The maximum absolute atomic E-state index is 13.1. The van der Waals surface area contributed by atoms with Crippen molar-refractivity contribution < 1.29 is 57.9 Å². The molecule has 2 heterocycles. The lowest BCUT2D eigenvalue weighted by molar-refractivity contribution is -0.155. The SMILES string of the molecule is CCCCC/C=C\C/C=C\CCCCCCCCOC(=O)[C@H](COC(=O)CCCCCCC/C=C\C/C=C\CCCCC)NC(=O)CN1CC(CO)C1.CCCCC/C=C\C/C=C\CCCCCCCCOC(=O)[C@H](COC(=O)CCCCCCC/C=C\C/C=C\CCCCC)NC(=O)CN1CCN(CCCO)CC1. The molecule has 0 aromatic heterocycles. The van der Waals surface area contributed by atoms with Gasteiger partial charge in [0.1, 0.15) is 13.2 Å². The first kappa shape index (κ1) is 103. The first-order chi connectivity index (χ1) is 54.0. The zero-order valence-corrected chi connectivity index (χ0v) is 70.5. The second-order valence-corrected chi connectivity index (χ2v) is 30.5. The maximum atomic E-state index is 13.1. The van der Waals surface area contributed by atoms with Crippen LogP contribution in [-0.2, 0) is 47.7 Å². The summed E-state index contributed by atoms with van der Waals surface area (Å²) in [5.74, 6) is -2.24. The summed E-state index contributed by atoms with van der Waals surface area (Å²) in [6, 6.07) is -2.06. The third-order valence-electron chi connectivity index (χ3n) is 20.0. The molecular formula is C93H163N5O12. The Morgan fingerprint density at radius 2 is 0.618 bits per heavy atom. The predicted molar refractivity (Wildman–Crippen MR) is 457 cm³/mol. The van der Waals surface area contributed by atoms with Gasteiger partial charge in [0.25, 0.3) is 0 Å². The van der Waals surface area contributed by atoms with Gasteiger partial charge in [0.05, 0.1) is 26.3 Å². The maximum Gasteiger partial charge on any atom is 0.332 e. The number of rotatable bonds is 74. The average molecular weight is 1540 g/mol. The van der Waals surface area contributed by atoms with E-state index in [1.807, 2.05) is 4.90 Å². The molecule has 632 valence electrons. The molecule has 2 saturated heterocycles. The Labute approximate surface area is 671 Å². The molecule has 0 radical (unpaired) electrons. The van der Waals surface area contributed by atoms with Crippen LogP contribution in [0.5, 0.6) is 0 Å². The van der Waals surface area contributed by atoms with Crippen molar-refractivity contribution in [3.05, 3.63) is 97.2 Å². The lowest BCUT2D eigenvalue weighted by Gasteiger charge is -2.37. The van der Waals surface area contributed by atoms with Crippen molar-refractivity contribution >= 4 is 35.7 Å². The number of aliphatic hydroxyl groups is 2. The van der Waals surface area contributed by atoms with Crippen LogP contribution in [-0.4, -0.2) is 171 Å². The Morgan fingerprint density at radius 1 is 0.336 bits per heavy atom. The number of likely N-dealkylation sites (tertiary alicyclic amines) is 1. The van der Waals surface area contributed by atoms with Crippen molar-refractivity contribution in [1.82, 2.24) is 25.3 Å². The monoisotopic (exact) mass is 1540 g/mol. The van der Waals surface area contributed by atoms with Crippen molar-refractivity contribution in [1.29, 1.82) is 0 Å². The van der Waals surface area contributed by atoms with Gasteiger partial charge >= 0.3 is 23.9 Å². The van der Waals surface area contributed by atoms with E-state index in [0.717, 1.165) is 206 Å². The third kappa shape index (κ3) is 68.2. The van der Waals surface area contributed by atoms with Gasteiger partial charge in [-0.2, -0.15) is 0 Å². The van der Waals surface area contributed by atoms with Crippen molar-refractivity contribution in [3.63, 3.8) is 0 Å². The Bertz CT molecular complexity index is 2430. The van der Waals surface area contributed by atoms with Crippen LogP contribution in [0.25, 0.3) is 0 Å². The van der Waals surface area contributed by atoms with E-state index >= 15 is 0 Å². The summed E-state index contributed by atoms with van der Waals surface area (Å²) in [4.78, 5) is 83.1. The van der Waals surface area contributed by atoms with E-state index in [-0.39, 0.29) is 82.4 Å². The van der Waals surface area contributed by atoms with Crippen LogP contribution in [0.4, 0.5) is 0 Å². The van der Waals surface area contributed by atoms with Crippen LogP contribution >= 0.6 is 0 Å². The summed E-state index contributed by atoms with van der Waals surface area (Å²) in [5.41, 5.74) is 0. The number of piperazine rings is 1. The van der Waals surface area contributed by atoms with E-state index in [9.17, 15) is 33.9 Å². The standard InChI is InChI=1S/C48H85N3O6.C45H78N2O6/c1-3-5-7-9-11-13-15-17-19-21-23-25-27-29-31-33-42-56-48(55)45(49-46(53)43-51-39-37-50(38-40-51)36-34-41-52)44-57-47(54)35-32-30-28-26-24-22-20-18-16-14-12-10-8-6-4-2;1-3-5-7-9-11-13-15-17-19-21-23-25-27-29-31-33-35-52-45(51)42(46-43(49)38-47-36-41(37-47)39-48)40-53-44(50)34-32-30-28-26-24-22-20-18-16-14-12-10-8-6-4-2/h11-14,17-20,45,52H,3-10,15-16,21-44H2,1-2H3,(H,49,53);11-14,17-20,41-42,48H,3-10,15-16,21-40H2,1-2H3,(H,46,49)/b2*13-11-,14-12-,19-17-,20-18-/t45-;42-/m00/s1. The summed E-state index contributed by atoms with van der Waals surface area (Å²) in [6.07, 6.45) is 89.4. The Morgan fingerprint density at radius 3 is 0.927 bits per heavy atom. The zero-order valence-electron chi connectivity index (χ0n) is 70.5. The minimum absolute atomic E-state index is 0.104. The quantitative estimate of drug-likeness (QED) is 0.0193. The molecule has 2 aliphatic heterocycles. The normalized spacial score (nSPS) is 14.6. The fourth-order valence-corrected chi connectivity index (χ4v) is 13.0. The van der Waals surface area contributed by atoms with Crippen LogP contribution in [0, 0.1) is 5.92 Å². The first-order valence-corrected chi connectivity index (χ1v) is 44.8. The number of nitrogens with one attached hydrogen (secondary N) is 2. The summed E-state index contributed by atoms with van der Waals surface area (Å²) in [6.45, 7) is 14.9. The van der Waals surface area contributed by atoms with Crippen molar-refractivity contribution in [2.45, 2.75) is 354 Å². The Kier molecular flexibility index (Phi) is 74.7. The van der Waals surface area contributed by atoms with Gasteiger partial charge in [-0.3, -0.25) is 29.0 Å². The molecule has 17 nitrogen and oxygen atoms in total. The summed E-state index contributed by atoms with van der Waals surface area (Å²) in [7, 11) is 0. The Balaban J connectivity index is 0.00000110. The van der Waals surface area contributed by atoms with Gasteiger partial charge in [-0.25, -0.2) is 9.59 Å². The predicted octanol–water partition coefficient (Wildman–Crippen LogP) is 20.3. The molecule has 2 fully saturated rings. The van der Waals surface area contributed by atoms with Crippen LogP contribution in [0.2, 0.25) is 0 Å². The molecule has 4 N–H and O–H groups in total. The molecule has 0 saturated carbocycles. The molecule has 2 atom stereocenters. The topological polar surface area (TPSA) is 214 Å². The second kappa shape index (κ2) is 80.2. The lowest BCUT2D eigenvalue weighted by Crippen LogP contribution is -2.54. The summed E-state index contributed by atoms with van der Waals surface area (Å²) in [5, 5.41) is 23.9. The number of nitrogens with zero attached hydrogens (tertiary/aromatic N) is 3. The smallest absolute Gasteiger partial charge is 0.332 e. The second-order valence-electron chi connectivity index (χ2n) is 30.5. The molecule has 0 aromatic rings. The fraction of sp³-hybridized carbons (Fsp3) is 0.763. The molecule has 0 aromatic carbocycles. The number of allylic oxidation sites excluding steroid dienone is 16. The number of ether oxygens (including phenoxy) is 4. The van der Waals surface area contributed by atoms with Gasteiger partial charge in [-0.15, -0.1) is 0 Å². The molecule has 2 aliphatic rings. The van der Waals surface area contributed by atoms with E-state index in [0.29, 0.717) is 25.9 Å². The lowest BCUT2D eigenvalue weighted by atomic mass is 10.0. The van der Waals surface area contributed by atoms with Gasteiger partial charge in [0.15, 0.2) is 12.1 Å². The number of aliphatic hydroxyl groups excluding tert-OH is 2. The molecule has 2 rings (SSSR count). The molecule has 0 unspecified atom stereocenters. The first-order valence-electron chi connectivity index (χ1n) is 44.8. The highest BCUT2D eigenvalue weighted by Gasteiger charge is 2.31. The Hall–Kier alpha value is -5.46. The van der Waals surface area contributed by atoms with Gasteiger partial charge < -0.3 is 44.7 Å². The van der Waals surface area contributed by atoms with E-state index < -0.39 is 24.0 Å². The number of carbonyl (C=O) groups is 6. The molecule has 0 spiro atoms. The molecule has 110 heavy (non-hydrogen) atoms. The van der Waals surface area contributed by atoms with Gasteiger partial charge in [-0.05, 0) is 161 Å². The van der Waals surface area contributed by atoms with E-state index in [1.54, 1.807) is 0 Å². The van der Waals surface area contributed by atoms with E-state index in [1.165, 1.54) is 128 Å². The summed E-state index contributed by atoms with van der Waals surface area (Å²) >= 11 is 0. The fourth-order valence-electron chi connectivity index (χ4n) is 13.0. The number of amides is 2. The minimum atomic E-state index is -1.03.